The van der Waals surface area contributed by atoms with E-state index in [1.165, 1.54) is 0 Å². The van der Waals surface area contributed by atoms with Gasteiger partial charge in [-0.3, -0.25) is 4.79 Å². The van der Waals surface area contributed by atoms with Gasteiger partial charge in [0, 0.05) is 5.75 Å². The van der Waals surface area contributed by atoms with Gasteiger partial charge in [0.2, 0.25) is 5.16 Å². The van der Waals surface area contributed by atoms with Crippen LogP contribution in [0.15, 0.2) is 5.16 Å². The molecule has 0 aliphatic heterocycles. The Morgan fingerprint density at radius 1 is 1.55 bits per heavy atom. The third-order valence-corrected chi connectivity index (χ3v) is 4.70. The molecule has 2 N–H and O–H groups in total. The van der Waals surface area contributed by atoms with Gasteiger partial charge in [-0.2, -0.15) is 0 Å². The molecule has 1 atom stereocenters. The second kappa shape index (κ2) is 6.53. The molecule has 1 aliphatic carbocycles. The molecular weight excluding hydrogens is 278 g/mol. The fourth-order valence-corrected chi connectivity index (χ4v) is 2.85. The monoisotopic (exact) mass is 299 g/mol. The molecular formula is C12H21N5O2S. The lowest BCUT2D eigenvalue weighted by Gasteiger charge is -2.23. The van der Waals surface area contributed by atoms with Crippen LogP contribution in [-0.4, -0.2) is 49.6 Å². The average molecular weight is 299 g/mol. The van der Waals surface area contributed by atoms with Crippen LogP contribution in [0.1, 0.15) is 45.1 Å². The Balaban J connectivity index is 1.69. The largest absolute Gasteiger partial charge is 0.480 e. The number of hydrogen-bond donors (Lipinski definition) is 2. The number of aromatic nitrogens is 4. The standard InChI is InChI=1S/C12H21N5O2S/c1-12(13-2,10(18)19)7-3-4-8-20-11-14-15-16-17(11)9-5-6-9/h9,13H,3-8H2,1-2H3,(H,18,19). The molecule has 8 heteroatoms. The van der Waals surface area contributed by atoms with E-state index in [1.807, 2.05) is 4.68 Å². The first-order valence-corrected chi connectivity index (χ1v) is 7.88. The minimum Gasteiger partial charge on any atom is -0.480 e. The van der Waals surface area contributed by atoms with Crippen LogP contribution in [0.5, 0.6) is 0 Å². The van der Waals surface area contributed by atoms with Crippen molar-refractivity contribution in [2.24, 2.45) is 0 Å². The number of hydrogen-bond acceptors (Lipinski definition) is 6. The Morgan fingerprint density at radius 3 is 2.90 bits per heavy atom. The Bertz CT molecular complexity index is 462. The molecule has 1 unspecified atom stereocenters. The summed E-state index contributed by atoms with van der Waals surface area (Å²) in [5.41, 5.74) is -0.833. The zero-order valence-corrected chi connectivity index (χ0v) is 12.7. The van der Waals surface area contributed by atoms with E-state index in [9.17, 15) is 4.79 Å². The van der Waals surface area contributed by atoms with E-state index in [0.29, 0.717) is 12.5 Å². The van der Waals surface area contributed by atoms with Crippen molar-refractivity contribution in [2.45, 2.75) is 55.8 Å². The first-order chi connectivity index (χ1) is 9.57. The molecule has 0 spiro atoms. The number of rotatable bonds is 9. The zero-order valence-electron chi connectivity index (χ0n) is 11.9. The van der Waals surface area contributed by atoms with E-state index < -0.39 is 11.5 Å². The van der Waals surface area contributed by atoms with Crippen LogP contribution in [-0.2, 0) is 4.79 Å². The Kier molecular flexibility index (Phi) is 4.98. The molecule has 2 rings (SSSR count). The smallest absolute Gasteiger partial charge is 0.323 e. The maximum absolute atomic E-state index is 11.1. The van der Waals surface area contributed by atoms with Crippen molar-refractivity contribution in [1.82, 2.24) is 25.5 Å². The molecule has 1 saturated carbocycles. The van der Waals surface area contributed by atoms with Gasteiger partial charge in [0.05, 0.1) is 6.04 Å². The zero-order chi connectivity index (χ0) is 14.6. The first-order valence-electron chi connectivity index (χ1n) is 6.90. The lowest BCUT2D eigenvalue weighted by molar-refractivity contribution is -0.144. The molecule has 0 radical (unpaired) electrons. The summed E-state index contributed by atoms with van der Waals surface area (Å²) in [6.07, 6.45) is 4.76. The van der Waals surface area contributed by atoms with Gasteiger partial charge in [-0.05, 0) is 50.1 Å². The predicted molar refractivity (Wildman–Crippen MR) is 75.8 cm³/mol. The topological polar surface area (TPSA) is 92.9 Å². The second-order valence-electron chi connectivity index (χ2n) is 5.33. The Labute approximate surface area is 122 Å². The number of carbonyl (C=O) groups is 1. The minimum absolute atomic E-state index is 0.493. The molecule has 20 heavy (non-hydrogen) atoms. The molecule has 0 bridgehead atoms. The predicted octanol–water partition coefficient (Wildman–Crippen LogP) is 1.33. The normalized spacial score (nSPS) is 17.9. The van der Waals surface area contributed by atoms with Crippen molar-refractivity contribution in [3.63, 3.8) is 0 Å². The van der Waals surface area contributed by atoms with Crippen molar-refractivity contribution in [1.29, 1.82) is 0 Å². The lowest BCUT2D eigenvalue weighted by atomic mass is 9.95. The third-order valence-electron chi connectivity index (χ3n) is 3.68. The molecule has 7 nitrogen and oxygen atoms in total. The van der Waals surface area contributed by atoms with Crippen LogP contribution < -0.4 is 5.32 Å². The van der Waals surface area contributed by atoms with Crippen molar-refractivity contribution >= 4 is 17.7 Å². The molecule has 1 aromatic rings. The van der Waals surface area contributed by atoms with Gasteiger partial charge < -0.3 is 10.4 Å². The highest BCUT2D eigenvalue weighted by Gasteiger charge is 2.30. The van der Waals surface area contributed by atoms with E-state index in [-0.39, 0.29) is 0 Å². The van der Waals surface area contributed by atoms with Crippen LogP contribution in [0.2, 0.25) is 0 Å². The molecule has 1 aromatic heterocycles. The van der Waals surface area contributed by atoms with Crippen molar-refractivity contribution in [3.05, 3.63) is 0 Å². The number of likely N-dealkylation sites (N-methyl/N-ethyl adjacent to an activating group) is 1. The van der Waals surface area contributed by atoms with Gasteiger partial charge in [0.25, 0.3) is 0 Å². The van der Waals surface area contributed by atoms with E-state index in [2.05, 4.69) is 20.8 Å². The summed E-state index contributed by atoms with van der Waals surface area (Å²) in [5, 5.41) is 24.6. The fourth-order valence-electron chi connectivity index (χ4n) is 1.91. The quantitative estimate of drug-likeness (QED) is 0.525. The van der Waals surface area contributed by atoms with Crippen molar-refractivity contribution in [2.75, 3.05) is 12.8 Å². The SMILES string of the molecule is CNC(C)(CCCCSc1nnnn1C1CC1)C(=O)O. The van der Waals surface area contributed by atoms with Crippen LogP contribution in [0.3, 0.4) is 0 Å². The average Bonchev–Trinajstić information content (AvgIpc) is 3.17. The van der Waals surface area contributed by atoms with Gasteiger partial charge in [0.15, 0.2) is 0 Å². The summed E-state index contributed by atoms with van der Waals surface area (Å²) >= 11 is 1.65. The number of aliphatic carboxylic acids is 1. The molecule has 0 saturated heterocycles. The second-order valence-corrected chi connectivity index (χ2v) is 6.39. The van der Waals surface area contributed by atoms with E-state index in [0.717, 1.165) is 36.6 Å². The van der Waals surface area contributed by atoms with Gasteiger partial charge in [-0.25, -0.2) is 4.68 Å². The molecule has 1 heterocycles. The van der Waals surface area contributed by atoms with Crippen LogP contribution in [0.25, 0.3) is 0 Å². The Hall–Kier alpha value is -1.15. The minimum atomic E-state index is -0.833. The number of thioether (sulfide) groups is 1. The van der Waals surface area contributed by atoms with E-state index >= 15 is 0 Å². The summed E-state index contributed by atoms with van der Waals surface area (Å²) in [6, 6.07) is 0.493. The highest BCUT2D eigenvalue weighted by molar-refractivity contribution is 7.99. The van der Waals surface area contributed by atoms with Crippen molar-refractivity contribution < 1.29 is 9.90 Å². The number of nitrogens with one attached hydrogen (secondary N) is 1. The number of tetrazole rings is 1. The summed E-state index contributed by atoms with van der Waals surface area (Å²) in [4.78, 5) is 11.1. The summed E-state index contributed by atoms with van der Waals surface area (Å²) in [5.74, 6) is 0.109. The summed E-state index contributed by atoms with van der Waals surface area (Å²) in [6.45, 7) is 1.72. The van der Waals surface area contributed by atoms with Crippen LogP contribution in [0, 0.1) is 0 Å². The molecule has 0 amide bonds. The number of unbranched alkanes of at least 4 members (excludes halogenated alkanes) is 1. The highest BCUT2D eigenvalue weighted by Crippen LogP contribution is 2.36. The van der Waals surface area contributed by atoms with Crippen LogP contribution in [0.4, 0.5) is 0 Å². The highest BCUT2D eigenvalue weighted by atomic mass is 32.2. The lowest BCUT2D eigenvalue weighted by Crippen LogP contribution is -2.47. The molecule has 0 aromatic carbocycles. The molecule has 1 fully saturated rings. The van der Waals surface area contributed by atoms with Gasteiger partial charge in [-0.15, -0.1) is 5.10 Å². The van der Waals surface area contributed by atoms with Crippen molar-refractivity contribution in [3.8, 4) is 0 Å². The Morgan fingerprint density at radius 2 is 2.30 bits per heavy atom. The summed E-state index contributed by atoms with van der Waals surface area (Å²) in [7, 11) is 1.69. The number of carboxylic acids is 1. The van der Waals surface area contributed by atoms with Gasteiger partial charge in [0.1, 0.15) is 5.54 Å². The maximum atomic E-state index is 11.1. The number of nitrogens with zero attached hydrogens (tertiary/aromatic N) is 4. The molecule has 112 valence electrons. The number of carboxylic acid groups (broad SMARTS) is 1. The fraction of sp³-hybridized carbons (Fsp3) is 0.833. The van der Waals surface area contributed by atoms with E-state index in [4.69, 9.17) is 5.11 Å². The van der Waals surface area contributed by atoms with Gasteiger partial charge in [-0.1, -0.05) is 18.2 Å². The van der Waals surface area contributed by atoms with E-state index in [1.54, 1.807) is 25.7 Å². The first kappa shape index (κ1) is 15.2. The third kappa shape index (κ3) is 3.69. The molecule has 1 aliphatic rings. The summed E-state index contributed by atoms with van der Waals surface area (Å²) < 4.78 is 1.90. The van der Waals surface area contributed by atoms with Gasteiger partial charge >= 0.3 is 5.97 Å². The maximum Gasteiger partial charge on any atom is 0.323 e. The van der Waals surface area contributed by atoms with Crippen LogP contribution >= 0.6 is 11.8 Å².